The molecule has 14 heavy (non-hydrogen) atoms. The van der Waals surface area contributed by atoms with Gasteiger partial charge in [0.15, 0.2) is 5.78 Å². The predicted molar refractivity (Wildman–Crippen MR) is 53.9 cm³/mol. The van der Waals surface area contributed by atoms with Crippen LogP contribution in [0.2, 0.25) is 0 Å². The van der Waals surface area contributed by atoms with Crippen molar-refractivity contribution in [3.8, 4) is 0 Å². The van der Waals surface area contributed by atoms with E-state index in [2.05, 4.69) is 5.32 Å². The van der Waals surface area contributed by atoms with Crippen molar-refractivity contribution in [1.29, 1.82) is 0 Å². The summed E-state index contributed by atoms with van der Waals surface area (Å²) in [5, 5.41) is 2.89. The summed E-state index contributed by atoms with van der Waals surface area (Å²) in [4.78, 5) is 11.8. The standard InChI is InChI=1S/C11H14FNO/c1-11(2,13-3)10(14)8-5-4-6-9(12)7-8/h4-7,13H,1-3H3. The van der Waals surface area contributed by atoms with Crippen LogP contribution in [0, 0.1) is 5.82 Å². The number of rotatable bonds is 3. The lowest BCUT2D eigenvalue weighted by atomic mass is 9.93. The van der Waals surface area contributed by atoms with Gasteiger partial charge in [-0.25, -0.2) is 4.39 Å². The van der Waals surface area contributed by atoms with Crippen molar-refractivity contribution in [2.75, 3.05) is 7.05 Å². The van der Waals surface area contributed by atoms with Gasteiger partial charge in [0.25, 0.3) is 0 Å². The molecule has 2 nitrogen and oxygen atoms in total. The Morgan fingerprint density at radius 1 is 1.43 bits per heavy atom. The third-order valence-corrected chi connectivity index (χ3v) is 2.28. The van der Waals surface area contributed by atoms with Crippen LogP contribution >= 0.6 is 0 Å². The molecule has 0 atom stereocenters. The molecule has 1 rings (SSSR count). The summed E-state index contributed by atoms with van der Waals surface area (Å²) in [6.07, 6.45) is 0. The summed E-state index contributed by atoms with van der Waals surface area (Å²) in [5.74, 6) is -0.498. The number of likely N-dealkylation sites (N-methyl/N-ethyl adjacent to an activating group) is 1. The van der Waals surface area contributed by atoms with E-state index >= 15 is 0 Å². The summed E-state index contributed by atoms with van der Waals surface area (Å²) >= 11 is 0. The van der Waals surface area contributed by atoms with E-state index in [9.17, 15) is 9.18 Å². The molecule has 0 aliphatic heterocycles. The van der Waals surface area contributed by atoms with E-state index < -0.39 is 5.54 Å². The predicted octanol–water partition coefficient (Wildman–Crippen LogP) is 2.01. The van der Waals surface area contributed by atoms with Gasteiger partial charge >= 0.3 is 0 Å². The van der Waals surface area contributed by atoms with E-state index in [1.54, 1.807) is 27.0 Å². The molecule has 0 unspecified atom stereocenters. The third-order valence-electron chi connectivity index (χ3n) is 2.28. The fourth-order valence-corrected chi connectivity index (χ4v) is 1.10. The summed E-state index contributed by atoms with van der Waals surface area (Å²) in [7, 11) is 1.71. The minimum atomic E-state index is -0.659. The Morgan fingerprint density at radius 3 is 2.57 bits per heavy atom. The highest BCUT2D eigenvalue weighted by Crippen LogP contribution is 2.13. The molecule has 0 saturated carbocycles. The van der Waals surface area contributed by atoms with E-state index in [0.717, 1.165) is 0 Å². The second-order valence-electron chi connectivity index (χ2n) is 3.71. The van der Waals surface area contributed by atoms with Crippen LogP contribution in [0.3, 0.4) is 0 Å². The van der Waals surface area contributed by atoms with Crippen LogP contribution in [0.25, 0.3) is 0 Å². The first-order chi connectivity index (χ1) is 6.47. The Kier molecular flexibility index (Phi) is 3.01. The minimum absolute atomic E-state index is 0.112. The van der Waals surface area contributed by atoms with Crippen LogP contribution in [0.1, 0.15) is 24.2 Å². The highest BCUT2D eigenvalue weighted by molar-refractivity contribution is 6.02. The average Bonchev–Trinajstić information content (AvgIpc) is 2.16. The van der Waals surface area contributed by atoms with E-state index in [1.807, 2.05) is 0 Å². The number of carbonyl (C=O) groups is 1. The van der Waals surface area contributed by atoms with E-state index in [4.69, 9.17) is 0 Å². The number of benzene rings is 1. The average molecular weight is 195 g/mol. The number of ketones is 1. The van der Waals surface area contributed by atoms with Gasteiger partial charge in [0, 0.05) is 5.56 Å². The number of hydrogen-bond donors (Lipinski definition) is 1. The number of Topliss-reactive ketones (excluding diaryl/α,β-unsaturated/α-hetero) is 1. The molecule has 76 valence electrons. The Labute approximate surface area is 83.1 Å². The molecule has 0 spiro atoms. The zero-order valence-corrected chi connectivity index (χ0v) is 8.60. The van der Waals surface area contributed by atoms with Gasteiger partial charge in [-0.05, 0) is 33.0 Å². The van der Waals surface area contributed by atoms with Gasteiger partial charge in [-0.3, -0.25) is 4.79 Å². The summed E-state index contributed by atoms with van der Waals surface area (Å²) < 4.78 is 12.8. The number of hydrogen-bond acceptors (Lipinski definition) is 2. The van der Waals surface area contributed by atoms with Gasteiger partial charge in [0.1, 0.15) is 5.82 Å². The Bertz CT molecular complexity index is 347. The molecule has 1 aromatic carbocycles. The highest BCUT2D eigenvalue weighted by Gasteiger charge is 2.26. The van der Waals surface area contributed by atoms with E-state index in [1.165, 1.54) is 18.2 Å². The number of carbonyl (C=O) groups excluding carboxylic acids is 1. The molecule has 0 saturated heterocycles. The molecule has 0 fully saturated rings. The molecule has 1 aromatic rings. The first-order valence-corrected chi connectivity index (χ1v) is 4.46. The molecule has 0 amide bonds. The Hall–Kier alpha value is -1.22. The van der Waals surface area contributed by atoms with Crippen molar-refractivity contribution in [1.82, 2.24) is 5.32 Å². The monoisotopic (exact) mass is 195 g/mol. The van der Waals surface area contributed by atoms with Gasteiger partial charge in [-0.15, -0.1) is 0 Å². The summed E-state index contributed by atoms with van der Waals surface area (Å²) in [6.45, 7) is 3.53. The molecule has 0 aliphatic carbocycles. The second kappa shape index (κ2) is 3.88. The minimum Gasteiger partial charge on any atom is -0.308 e. The highest BCUT2D eigenvalue weighted by atomic mass is 19.1. The van der Waals surface area contributed by atoms with Crippen molar-refractivity contribution in [3.05, 3.63) is 35.6 Å². The Morgan fingerprint density at radius 2 is 2.07 bits per heavy atom. The van der Waals surface area contributed by atoms with Crippen LogP contribution < -0.4 is 5.32 Å². The molecule has 0 bridgehead atoms. The number of nitrogens with one attached hydrogen (secondary N) is 1. The lowest BCUT2D eigenvalue weighted by Crippen LogP contribution is -2.44. The molecular formula is C11H14FNO. The largest absolute Gasteiger partial charge is 0.308 e. The maximum Gasteiger partial charge on any atom is 0.182 e. The molecule has 1 N–H and O–H groups in total. The lowest BCUT2D eigenvalue weighted by Gasteiger charge is -2.22. The molecule has 0 aromatic heterocycles. The van der Waals surface area contributed by atoms with Crippen LogP contribution in [0.15, 0.2) is 24.3 Å². The first kappa shape index (κ1) is 10.9. The maximum absolute atomic E-state index is 12.8. The summed E-state index contributed by atoms with van der Waals surface area (Å²) in [5.41, 5.74) is -0.266. The molecule has 0 radical (unpaired) electrons. The fourth-order valence-electron chi connectivity index (χ4n) is 1.10. The first-order valence-electron chi connectivity index (χ1n) is 4.46. The maximum atomic E-state index is 12.8. The van der Waals surface area contributed by atoms with Crippen molar-refractivity contribution in [2.45, 2.75) is 19.4 Å². The number of halogens is 1. The van der Waals surface area contributed by atoms with Crippen LogP contribution in [0.4, 0.5) is 4.39 Å². The molecule has 0 heterocycles. The van der Waals surface area contributed by atoms with Crippen molar-refractivity contribution in [2.24, 2.45) is 0 Å². The van der Waals surface area contributed by atoms with Gasteiger partial charge in [-0.1, -0.05) is 12.1 Å². The van der Waals surface area contributed by atoms with Gasteiger partial charge in [-0.2, -0.15) is 0 Å². The van der Waals surface area contributed by atoms with E-state index in [-0.39, 0.29) is 11.6 Å². The lowest BCUT2D eigenvalue weighted by molar-refractivity contribution is 0.0889. The van der Waals surface area contributed by atoms with Crippen molar-refractivity contribution in [3.63, 3.8) is 0 Å². The van der Waals surface area contributed by atoms with Crippen LogP contribution in [-0.2, 0) is 0 Å². The van der Waals surface area contributed by atoms with Gasteiger partial charge in [0.2, 0.25) is 0 Å². The zero-order valence-electron chi connectivity index (χ0n) is 8.60. The van der Waals surface area contributed by atoms with E-state index in [0.29, 0.717) is 5.56 Å². The SMILES string of the molecule is CNC(C)(C)C(=O)c1cccc(F)c1. The van der Waals surface area contributed by atoms with Gasteiger partial charge in [0.05, 0.1) is 5.54 Å². The van der Waals surface area contributed by atoms with Crippen LogP contribution in [0.5, 0.6) is 0 Å². The smallest absolute Gasteiger partial charge is 0.182 e. The second-order valence-corrected chi connectivity index (χ2v) is 3.71. The van der Waals surface area contributed by atoms with Crippen LogP contribution in [-0.4, -0.2) is 18.4 Å². The van der Waals surface area contributed by atoms with Crippen molar-refractivity contribution >= 4 is 5.78 Å². The zero-order chi connectivity index (χ0) is 10.8. The van der Waals surface area contributed by atoms with Crippen molar-refractivity contribution < 1.29 is 9.18 Å². The quantitative estimate of drug-likeness (QED) is 0.747. The normalized spacial score (nSPS) is 11.4. The molecule has 0 aliphatic rings. The molecular weight excluding hydrogens is 181 g/mol. The molecule has 3 heteroatoms. The Balaban J connectivity index is 3.01. The third kappa shape index (κ3) is 2.17. The summed E-state index contributed by atoms with van der Waals surface area (Å²) in [6, 6.07) is 5.73. The van der Waals surface area contributed by atoms with Gasteiger partial charge < -0.3 is 5.32 Å². The topological polar surface area (TPSA) is 29.1 Å². The fraction of sp³-hybridized carbons (Fsp3) is 0.364.